The number of alkyl halides is 3. The van der Waals surface area contributed by atoms with Gasteiger partial charge in [-0.1, -0.05) is 46.1 Å². The van der Waals surface area contributed by atoms with Gasteiger partial charge >= 0.3 is 6.18 Å². The molecule has 2 nitrogen and oxygen atoms in total. The minimum Gasteiger partial charge on any atom is -0.413 e. The van der Waals surface area contributed by atoms with Gasteiger partial charge in [0, 0.05) is 0 Å². The Bertz CT molecular complexity index is 629. The third-order valence-corrected chi connectivity index (χ3v) is 10.8. The van der Waals surface area contributed by atoms with E-state index in [1.54, 1.807) is 0 Å². The van der Waals surface area contributed by atoms with Crippen molar-refractivity contribution in [1.82, 2.24) is 0 Å². The number of rotatable bonds is 5. The second-order valence-electron chi connectivity index (χ2n) is 9.30. The molecule has 1 saturated carbocycles. The second kappa shape index (κ2) is 8.25. The molecule has 1 fully saturated rings. The van der Waals surface area contributed by atoms with E-state index in [1.165, 1.54) is 6.07 Å². The van der Waals surface area contributed by atoms with E-state index in [0.29, 0.717) is 11.1 Å². The molecule has 0 bridgehead atoms. The zero-order valence-electron chi connectivity index (χ0n) is 17.1. The zero-order chi connectivity index (χ0) is 20.5. The Morgan fingerprint density at radius 3 is 2.22 bits per heavy atom. The van der Waals surface area contributed by atoms with Crippen LogP contribution in [0.15, 0.2) is 18.2 Å². The van der Waals surface area contributed by atoms with Crippen LogP contribution in [0.1, 0.15) is 75.7 Å². The normalized spacial score (nSPS) is 18.6. The van der Waals surface area contributed by atoms with Gasteiger partial charge in [-0.3, -0.25) is 0 Å². The van der Waals surface area contributed by atoms with E-state index >= 15 is 0 Å². The first-order valence-electron chi connectivity index (χ1n) is 9.85. The number of hydrogen-bond donors (Lipinski definition) is 1. The van der Waals surface area contributed by atoms with Crippen LogP contribution in [-0.4, -0.2) is 13.4 Å². The van der Waals surface area contributed by atoms with Crippen LogP contribution in [-0.2, 0) is 17.2 Å². The summed E-state index contributed by atoms with van der Waals surface area (Å²) >= 11 is 0. The molecule has 1 N–H and O–H groups in total. The van der Waals surface area contributed by atoms with Crippen LogP contribution in [0.25, 0.3) is 0 Å². The zero-order valence-corrected chi connectivity index (χ0v) is 18.1. The van der Waals surface area contributed by atoms with Crippen molar-refractivity contribution in [2.75, 3.05) is 0 Å². The Morgan fingerprint density at radius 1 is 1.11 bits per heavy atom. The molecule has 2 rings (SSSR count). The summed E-state index contributed by atoms with van der Waals surface area (Å²) in [5, 5.41) is 10.9. The monoisotopic (exact) mass is 402 g/mol. The minimum atomic E-state index is -4.40. The quantitative estimate of drug-likeness (QED) is 0.546. The van der Waals surface area contributed by atoms with Crippen molar-refractivity contribution in [3.8, 4) is 0 Å². The Balaban J connectivity index is 2.32. The fourth-order valence-corrected chi connectivity index (χ4v) is 4.32. The topological polar surface area (TPSA) is 29.5 Å². The molecule has 1 aliphatic rings. The third kappa shape index (κ3) is 5.58. The highest BCUT2D eigenvalue weighted by molar-refractivity contribution is 6.74. The van der Waals surface area contributed by atoms with Crippen molar-refractivity contribution in [2.45, 2.75) is 89.9 Å². The highest BCUT2D eigenvalue weighted by Crippen LogP contribution is 2.40. The molecule has 0 unspecified atom stereocenters. The molecule has 0 aromatic heterocycles. The fourth-order valence-electron chi connectivity index (χ4n) is 3.37. The standard InChI is InChI=1S/C21H33F3O2Si/c1-20(2,3)27(4,5)26-14-16-13-17(21(22,23)24)11-12-18(16)19(25)15-9-7-6-8-10-15/h11-13,15,19,25H,6-10,14H2,1-5H3/t19-/m0/s1. The lowest BCUT2D eigenvalue weighted by Crippen LogP contribution is -2.40. The van der Waals surface area contributed by atoms with Crippen molar-refractivity contribution in [1.29, 1.82) is 0 Å². The van der Waals surface area contributed by atoms with Crippen molar-refractivity contribution >= 4 is 8.32 Å². The maximum Gasteiger partial charge on any atom is 0.416 e. The summed E-state index contributed by atoms with van der Waals surface area (Å²) in [5.74, 6) is 0.113. The molecule has 0 radical (unpaired) electrons. The first-order valence-corrected chi connectivity index (χ1v) is 12.8. The van der Waals surface area contributed by atoms with Crippen molar-refractivity contribution in [3.05, 3.63) is 34.9 Å². The molecule has 1 atom stereocenters. The number of aliphatic hydroxyl groups excluding tert-OH is 1. The fraction of sp³-hybridized carbons (Fsp3) is 0.714. The van der Waals surface area contributed by atoms with Gasteiger partial charge in [-0.2, -0.15) is 13.2 Å². The first kappa shape index (κ1) is 22.4. The summed E-state index contributed by atoms with van der Waals surface area (Å²) in [7, 11) is -2.11. The summed E-state index contributed by atoms with van der Waals surface area (Å²) in [4.78, 5) is 0. The van der Waals surface area contributed by atoms with Gasteiger partial charge < -0.3 is 9.53 Å². The lowest BCUT2D eigenvalue weighted by molar-refractivity contribution is -0.137. The van der Waals surface area contributed by atoms with E-state index in [-0.39, 0.29) is 17.6 Å². The van der Waals surface area contributed by atoms with E-state index in [4.69, 9.17) is 4.43 Å². The maximum atomic E-state index is 13.2. The summed E-state index contributed by atoms with van der Waals surface area (Å²) in [6.07, 6.45) is 0.00854. The van der Waals surface area contributed by atoms with Gasteiger partial charge in [-0.05, 0) is 60.2 Å². The SMILES string of the molecule is CC(C)(C)[Si](C)(C)OCc1cc(C(F)(F)F)ccc1[C@@H](O)C1CCCCC1. The van der Waals surface area contributed by atoms with Gasteiger partial charge in [0.1, 0.15) is 0 Å². The molecule has 0 heterocycles. The minimum absolute atomic E-state index is 0.0310. The van der Waals surface area contributed by atoms with E-state index in [0.717, 1.165) is 44.2 Å². The number of aliphatic hydroxyl groups is 1. The molecule has 0 amide bonds. The van der Waals surface area contributed by atoms with Crippen molar-refractivity contribution in [3.63, 3.8) is 0 Å². The average Bonchev–Trinajstić information content (AvgIpc) is 2.58. The van der Waals surface area contributed by atoms with Crippen LogP contribution in [0.4, 0.5) is 13.2 Å². The molecular formula is C21H33F3O2Si. The predicted molar refractivity (Wildman–Crippen MR) is 105 cm³/mol. The van der Waals surface area contributed by atoms with Gasteiger partial charge in [0.15, 0.2) is 8.32 Å². The molecule has 0 saturated heterocycles. The molecule has 154 valence electrons. The number of halogens is 3. The predicted octanol–water partition coefficient (Wildman–Crippen LogP) is 6.84. The Labute approximate surface area is 162 Å². The molecule has 0 aliphatic heterocycles. The Hall–Kier alpha value is -0.853. The highest BCUT2D eigenvalue weighted by Gasteiger charge is 2.38. The molecule has 6 heteroatoms. The average molecular weight is 403 g/mol. The van der Waals surface area contributed by atoms with Gasteiger partial charge in [0.25, 0.3) is 0 Å². The van der Waals surface area contributed by atoms with Crippen LogP contribution in [0.2, 0.25) is 18.1 Å². The van der Waals surface area contributed by atoms with Crippen LogP contribution in [0.3, 0.4) is 0 Å². The molecule has 27 heavy (non-hydrogen) atoms. The first-order chi connectivity index (χ1) is 12.3. The summed E-state index contributed by atoms with van der Waals surface area (Å²) in [6.45, 7) is 10.6. The van der Waals surface area contributed by atoms with E-state index in [9.17, 15) is 18.3 Å². The maximum absolute atomic E-state index is 13.2. The lowest BCUT2D eigenvalue weighted by atomic mass is 9.81. The van der Waals surface area contributed by atoms with Crippen molar-refractivity contribution in [2.24, 2.45) is 5.92 Å². The summed E-state index contributed by atoms with van der Waals surface area (Å²) in [5.41, 5.74) is 0.372. The van der Waals surface area contributed by atoms with Gasteiger partial charge in [-0.25, -0.2) is 0 Å². The van der Waals surface area contributed by atoms with Gasteiger partial charge in [0.05, 0.1) is 18.3 Å². The van der Waals surface area contributed by atoms with Crippen molar-refractivity contribution < 1.29 is 22.7 Å². The van der Waals surface area contributed by atoms with Gasteiger partial charge in [-0.15, -0.1) is 0 Å². The van der Waals surface area contributed by atoms with E-state index in [1.807, 2.05) is 0 Å². The van der Waals surface area contributed by atoms with E-state index < -0.39 is 26.2 Å². The Morgan fingerprint density at radius 2 is 1.70 bits per heavy atom. The summed E-state index contributed by atoms with van der Waals surface area (Å²) < 4.78 is 45.9. The van der Waals surface area contributed by atoms with Crippen LogP contribution < -0.4 is 0 Å². The number of benzene rings is 1. The Kier molecular flexibility index (Phi) is 6.86. The molecule has 1 aliphatic carbocycles. The summed E-state index contributed by atoms with van der Waals surface area (Å²) in [6, 6.07) is 3.69. The third-order valence-electron chi connectivity index (χ3n) is 6.28. The molecule has 0 spiro atoms. The van der Waals surface area contributed by atoms with E-state index in [2.05, 4.69) is 33.9 Å². The largest absolute Gasteiger partial charge is 0.416 e. The van der Waals surface area contributed by atoms with Gasteiger partial charge in [0.2, 0.25) is 0 Å². The van der Waals surface area contributed by atoms with Crippen LogP contribution >= 0.6 is 0 Å². The number of hydrogen-bond acceptors (Lipinski definition) is 2. The van der Waals surface area contributed by atoms with Crippen LogP contribution in [0, 0.1) is 5.92 Å². The highest BCUT2D eigenvalue weighted by atomic mass is 28.4. The molecule has 1 aromatic rings. The molecular weight excluding hydrogens is 369 g/mol. The van der Waals surface area contributed by atoms with Crippen LogP contribution in [0.5, 0.6) is 0 Å². The second-order valence-corrected chi connectivity index (χ2v) is 14.1. The smallest absolute Gasteiger partial charge is 0.413 e. The lowest BCUT2D eigenvalue weighted by Gasteiger charge is -2.36. The molecule has 1 aromatic carbocycles.